The van der Waals surface area contributed by atoms with E-state index in [4.69, 9.17) is 4.74 Å². The Labute approximate surface area is 154 Å². The first kappa shape index (κ1) is 17.5. The lowest BCUT2D eigenvalue weighted by Gasteiger charge is -2.32. The number of aromatic nitrogens is 2. The van der Waals surface area contributed by atoms with E-state index in [0.29, 0.717) is 38.5 Å². The second kappa shape index (κ2) is 7.78. The van der Waals surface area contributed by atoms with E-state index in [2.05, 4.69) is 4.98 Å². The summed E-state index contributed by atoms with van der Waals surface area (Å²) in [6.07, 6.45) is 7.86. The predicted molar refractivity (Wildman–Crippen MR) is 95.8 cm³/mol. The molecule has 1 aromatic heterocycles. The minimum atomic E-state index is -0.0176. The Morgan fingerprint density at radius 3 is 2.46 bits per heavy atom. The molecular formula is C19H28N4O3. The Kier molecular flexibility index (Phi) is 5.24. The van der Waals surface area contributed by atoms with Gasteiger partial charge in [0.2, 0.25) is 5.91 Å². The van der Waals surface area contributed by atoms with Gasteiger partial charge in [0.15, 0.2) is 0 Å². The smallest absolute Gasteiger partial charge is 0.274 e. The van der Waals surface area contributed by atoms with Crippen LogP contribution in [-0.4, -0.2) is 70.6 Å². The molecule has 4 heterocycles. The molecule has 7 heteroatoms. The Morgan fingerprint density at radius 1 is 1.00 bits per heavy atom. The summed E-state index contributed by atoms with van der Waals surface area (Å²) in [4.78, 5) is 34.0. The molecule has 2 amide bonds. The lowest BCUT2D eigenvalue weighted by molar-refractivity contribution is -0.140. The summed E-state index contributed by atoms with van der Waals surface area (Å²) < 4.78 is 7.36. The summed E-state index contributed by atoms with van der Waals surface area (Å²) >= 11 is 0. The summed E-state index contributed by atoms with van der Waals surface area (Å²) in [6.45, 7) is 4.93. The first-order valence-corrected chi connectivity index (χ1v) is 9.94. The molecule has 0 radical (unpaired) electrons. The highest BCUT2D eigenvalue weighted by molar-refractivity contribution is 5.93. The third-order valence-electron chi connectivity index (χ3n) is 5.86. The van der Waals surface area contributed by atoms with E-state index in [1.54, 1.807) is 6.33 Å². The van der Waals surface area contributed by atoms with Crippen LogP contribution < -0.4 is 0 Å². The second-order valence-electron chi connectivity index (χ2n) is 7.57. The van der Waals surface area contributed by atoms with Crippen molar-refractivity contribution in [2.24, 2.45) is 5.92 Å². The topological polar surface area (TPSA) is 67.7 Å². The Bertz CT molecular complexity index is 658. The van der Waals surface area contributed by atoms with Gasteiger partial charge in [-0.1, -0.05) is 12.8 Å². The van der Waals surface area contributed by atoms with E-state index in [9.17, 15) is 9.59 Å². The zero-order chi connectivity index (χ0) is 17.9. The Hall–Kier alpha value is -1.89. The number of ether oxygens (including phenoxy) is 1. The molecule has 7 nitrogen and oxygen atoms in total. The van der Waals surface area contributed by atoms with Crippen LogP contribution in [0.2, 0.25) is 0 Å². The van der Waals surface area contributed by atoms with Crippen molar-refractivity contribution < 1.29 is 14.3 Å². The van der Waals surface area contributed by atoms with Crippen LogP contribution in [0.3, 0.4) is 0 Å². The van der Waals surface area contributed by atoms with Crippen molar-refractivity contribution >= 4 is 11.8 Å². The molecule has 0 saturated carbocycles. The SMILES string of the molecule is O=C(c1ncn2c1CCC(C(=O)N1CCOCC1)C2)N1CCCCCC1. The van der Waals surface area contributed by atoms with Crippen LogP contribution >= 0.6 is 0 Å². The van der Waals surface area contributed by atoms with Crippen LogP contribution in [0.1, 0.15) is 48.3 Å². The van der Waals surface area contributed by atoms with E-state index < -0.39 is 0 Å². The van der Waals surface area contributed by atoms with Gasteiger partial charge < -0.3 is 19.1 Å². The van der Waals surface area contributed by atoms with Gasteiger partial charge in [-0.15, -0.1) is 0 Å². The zero-order valence-corrected chi connectivity index (χ0v) is 15.4. The molecular weight excluding hydrogens is 332 g/mol. The number of likely N-dealkylation sites (tertiary alicyclic amines) is 1. The molecule has 0 aromatic carbocycles. The van der Waals surface area contributed by atoms with Crippen LogP contribution in [0.4, 0.5) is 0 Å². The highest BCUT2D eigenvalue weighted by Gasteiger charge is 2.32. The van der Waals surface area contributed by atoms with E-state index in [1.807, 2.05) is 14.4 Å². The van der Waals surface area contributed by atoms with E-state index >= 15 is 0 Å². The fourth-order valence-corrected chi connectivity index (χ4v) is 4.31. The maximum absolute atomic E-state index is 12.9. The quantitative estimate of drug-likeness (QED) is 0.798. The lowest BCUT2D eigenvalue weighted by atomic mass is 9.95. The van der Waals surface area contributed by atoms with E-state index in [-0.39, 0.29) is 17.7 Å². The van der Waals surface area contributed by atoms with Gasteiger partial charge >= 0.3 is 0 Å². The maximum Gasteiger partial charge on any atom is 0.274 e. The molecule has 2 saturated heterocycles. The fourth-order valence-electron chi connectivity index (χ4n) is 4.31. The molecule has 1 unspecified atom stereocenters. The van der Waals surface area contributed by atoms with Gasteiger partial charge in [0.05, 0.1) is 31.2 Å². The standard InChI is InChI=1S/C19H28N4O3/c24-18(22-9-11-26-12-10-22)15-5-6-16-17(20-14-23(16)13-15)19(25)21-7-3-1-2-4-8-21/h14-15H,1-13H2. The predicted octanol–water partition coefficient (Wildman–Crippen LogP) is 1.32. The summed E-state index contributed by atoms with van der Waals surface area (Å²) in [5.74, 6) is 0.266. The molecule has 1 atom stereocenters. The van der Waals surface area contributed by atoms with Crippen molar-refractivity contribution in [3.8, 4) is 0 Å². The minimum absolute atomic E-state index is 0.0176. The highest BCUT2D eigenvalue weighted by atomic mass is 16.5. The fraction of sp³-hybridized carbons (Fsp3) is 0.737. The monoisotopic (exact) mass is 360 g/mol. The van der Waals surface area contributed by atoms with Crippen molar-refractivity contribution in [1.82, 2.24) is 19.4 Å². The number of carbonyl (C=O) groups excluding carboxylic acids is 2. The van der Waals surface area contributed by atoms with Crippen molar-refractivity contribution in [2.75, 3.05) is 39.4 Å². The van der Waals surface area contributed by atoms with Crippen LogP contribution in [0.25, 0.3) is 0 Å². The van der Waals surface area contributed by atoms with Crippen molar-refractivity contribution in [2.45, 2.75) is 45.1 Å². The first-order chi connectivity index (χ1) is 12.7. The summed E-state index contributed by atoms with van der Waals surface area (Å²) in [5.41, 5.74) is 1.61. The largest absolute Gasteiger partial charge is 0.378 e. The first-order valence-electron chi connectivity index (χ1n) is 9.94. The number of morpholine rings is 1. The van der Waals surface area contributed by atoms with E-state index in [1.165, 1.54) is 12.8 Å². The van der Waals surface area contributed by atoms with Gasteiger partial charge in [-0.05, 0) is 25.7 Å². The van der Waals surface area contributed by atoms with Gasteiger partial charge in [-0.25, -0.2) is 4.98 Å². The summed E-state index contributed by atoms with van der Waals surface area (Å²) in [5, 5.41) is 0. The third-order valence-corrected chi connectivity index (χ3v) is 5.86. The summed E-state index contributed by atoms with van der Waals surface area (Å²) in [7, 11) is 0. The molecule has 0 N–H and O–H groups in total. The number of rotatable bonds is 2. The Morgan fingerprint density at radius 2 is 1.73 bits per heavy atom. The maximum atomic E-state index is 12.9. The number of amides is 2. The van der Waals surface area contributed by atoms with Crippen LogP contribution in [0.5, 0.6) is 0 Å². The van der Waals surface area contributed by atoms with Gasteiger partial charge in [0.1, 0.15) is 5.69 Å². The third kappa shape index (κ3) is 3.49. The molecule has 0 bridgehead atoms. The van der Waals surface area contributed by atoms with Gasteiger partial charge in [0.25, 0.3) is 5.91 Å². The lowest BCUT2D eigenvalue weighted by Crippen LogP contribution is -2.45. The molecule has 0 aliphatic carbocycles. The number of fused-ring (bicyclic) bond motifs is 1. The molecule has 26 heavy (non-hydrogen) atoms. The molecule has 3 aliphatic heterocycles. The normalized spacial score (nSPS) is 24.1. The molecule has 3 aliphatic rings. The molecule has 2 fully saturated rings. The number of hydrogen-bond donors (Lipinski definition) is 0. The van der Waals surface area contributed by atoms with Crippen LogP contribution in [0.15, 0.2) is 6.33 Å². The number of hydrogen-bond acceptors (Lipinski definition) is 4. The van der Waals surface area contributed by atoms with Crippen molar-refractivity contribution in [3.63, 3.8) is 0 Å². The summed E-state index contributed by atoms with van der Waals surface area (Å²) in [6, 6.07) is 0. The Balaban J connectivity index is 1.44. The minimum Gasteiger partial charge on any atom is -0.378 e. The average Bonchev–Trinajstić information content (AvgIpc) is 2.92. The molecule has 142 valence electrons. The number of carbonyl (C=O) groups is 2. The second-order valence-corrected chi connectivity index (χ2v) is 7.57. The van der Waals surface area contributed by atoms with E-state index in [0.717, 1.165) is 44.5 Å². The molecule has 1 aromatic rings. The highest BCUT2D eigenvalue weighted by Crippen LogP contribution is 2.25. The van der Waals surface area contributed by atoms with Gasteiger partial charge in [-0.2, -0.15) is 0 Å². The molecule has 0 spiro atoms. The van der Waals surface area contributed by atoms with Crippen molar-refractivity contribution in [3.05, 3.63) is 17.7 Å². The zero-order valence-electron chi connectivity index (χ0n) is 15.4. The van der Waals surface area contributed by atoms with Crippen LogP contribution in [-0.2, 0) is 22.5 Å². The van der Waals surface area contributed by atoms with Crippen LogP contribution in [0, 0.1) is 5.92 Å². The number of imidazole rings is 1. The molecule has 4 rings (SSSR count). The average molecular weight is 360 g/mol. The van der Waals surface area contributed by atoms with Gasteiger partial charge in [0, 0.05) is 32.7 Å². The number of nitrogens with zero attached hydrogens (tertiary/aromatic N) is 4. The van der Waals surface area contributed by atoms with Gasteiger partial charge in [-0.3, -0.25) is 9.59 Å². The van der Waals surface area contributed by atoms with Crippen molar-refractivity contribution in [1.29, 1.82) is 0 Å².